The highest BCUT2D eigenvalue weighted by atomic mass is 79.9. The summed E-state index contributed by atoms with van der Waals surface area (Å²) in [5, 5.41) is 0. The molecule has 0 radical (unpaired) electrons. The molecule has 42 valence electrons. The van der Waals surface area contributed by atoms with Gasteiger partial charge in [0, 0.05) is 9.81 Å². The molecule has 0 amide bonds. The lowest BCUT2D eigenvalue weighted by atomic mass is 10.4. The molecule has 0 aliphatic rings. The molecule has 0 aromatic carbocycles. The van der Waals surface area contributed by atoms with Gasteiger partial charge in [0.2, 0.25) is 0 Å². The minimum atomic E-state index is -2.11. The van der Waals surface area contributed by atoms with E-state index in [4.69, 9.17) is 4.11 Å². The SMILES string of the molecule is [2H]C([2H])([2H])c1cccc(Br)n1. The smallest absolute Gasteiger partial charge is 0.106 e. The molecule has 1 nitrogen and oxygen atoms in total. The molecule has 0 saturated carbocycles. The second-order valence-corrected chi connectivity index (χ2v) is 2.16. The van der Waals surface area contributed by atoms with Crippen molar-refractivity contribution in [3.05, 3.63) is 28.5 Å². The lowest BCUT2D eigenvalue weighted by Crippen LogP contribution is -1.77. The van der Waals surface area contributed by atoms with Crippen LogP contribution in [0.3, 0.4) is 0 Å². The van der Waals surface area contributed by atoms with Crippen molar-refractivity contribution in [2.45, 2.75) is 6.85 Å². The number of hydrogen-bond acceptors (Lipinski definition) is 1. The standard InChI is InChI=1S/C6H6BrN/c1-5-3-2-4-6(7)8-5/h2-4H,1H3/i1D3. The van der Waals surface area contributed by atoms with Crippen LogP contribution in [0.5, 0.6) is 0 Å². The van der Waals surface area contributed by atoms with Crippen molar-refractivity contribution >= 4 is 15.9 Å². The van der Waals surface area contributed by atoms with Crippen molar-refractivity contribution in [2.75, 3.05) is 0 Å². The molecule has 1 aromatic rings. The van der Waals surface area contributed by atoms with E-state index in [2.05, 4.69) is 20.9 Å². The van der Waals surface area contributed by atoms with E-state index in [9.17, 15) is 0 Å². The lowest BCUT2D eigenvalue weighted by molar-refractivity contribution is 1.17. The highest BCUT2D eigenvalue weighted by Crippen LogP contribution is 2.04. The van der Waals surface area contributed by atoms with Gasteiger partial charge in [0.25, 0.3) is 0 Å². The molecule has 0 saturated heterocycles. The van der Waals surface area contributed by atoms with E-state index in [0.29, 0.717) is 4.60 Å². The highest BCUT2D eigenvalue weighted by Gasteiger charge is 1.83. The molecule has 1 aromatic heterocycles. The van der Waals surface area contributed by atoms with E-state index >= 15 is 0 Å². The molecule has 0 N–H and O–H groups in total. The van der Waals surface area contributed by atoms with E-state index in [1.54, 1.807) is 12.1 Å². The maximum atomic E-state index is 7.02. The first-order valence-corrected chi connectivity index (χ1v) is 2.92. The Morgan fingerprint density at radius 2 is 2.62 bits per heavy atom. The Bertz CT molecular complexity index is 258. The van der Waals surface area contributed by atoms with Gasteiger partial charge in [-0.05, 0) is 34.9 Å². The van der Waals surface area contributed by atoms with Crippen LogP contribution in [-0.2, 0) is 0 Å². The first-order chi connectivity index (χ1) is 5.00. The van der Waals surface area contributed by atoms with Crippen molar-refractivity contribution in [1.82, 2.24) is 4.98 Å². The summed E-state index contributed by atoms with van der Waals surface area (Å²) in [5.74, 6) is 0. The molecule has 2 heteroatoms. The second kappa shape index (κ2) is 2.27. The average Bonchev–Trinajstić information content (AvgIpc) is 1.86. The normalized spacial score (nSPS) is 16.4. The van der Waals surface area contributed by atoms with Gasteiger partial charge in [-0.15, -0.1) is 0 Å². The third-order valence-corrected chi connectivity index (χ3v) is 1.16. The molecule has 0 spiro atoms. The largest absolute Gasteiger partial charge is 0.246 e. The zero-order valence-electron chi connectivity index (χ0n) is 7.06. The number of aryl methyl sites for hydroxylation is 1. The Morgan fingerprint density at radius 3 is 3.12 bits per heavy atom. The maximum Gasteiger partial charge on any atom is 0.106 e. The van der Waals surface area contributed by atoms with Crippen LogP contribution in [0, 0.1) is 6.85 Å². The molecule has 1 rings (SSSR count). The average molecular weight is 175 g/mol. The summed E-state index contributed by atoms with van der Waals surface area (Å²) in [5.41, 5.74) is 0.117. The van der Waals surface area contributed by atoms with E-state index in [1.807, 2.05) is 0 Å². The molecule has 0 aliphatic heterocycles. The van der Waals surface area contributed by atoms with Crippen molar-refractivity contribution < 1.29 is 4.11 Å². The summed E-state index contributed by atoms with van der Waals surface area (Å²) in [6, 6.07) is 4.83. The van der Waals surface area contributed by atoms with Crippen LogP contribution >= 0.6 is 15.9 Å². The maximum absolute atomic E-state index is 7.02. The van der Waals surface area contributed by atoms with E-state index in [-0.39, 0.29) is 5.69 Å². The van der Waals surface area contributed by atoms with Gasteiger partial charge in [-0.2, -0.15) is 0 Å². The van der Waals surface area contributed by atoms with Gasteiger partial charge in [-0.1, -0.05) is 6.07 Å². The van der Waals surface area contributed by atoms with Crippen LogP contribution in [0.2, 0.25) is 0 Å². The molecule has 0 fully saturated rings. The summed E-state index contributed by atoms with van der Waals surface area (Å²) < 4.78 is 21.6. The molecule has 0 atom stereocenters. The molecular weight excluding hydrogens is 166 g/mol. The monoisotopic (exact) mass is 174 g/mol. The summed E-state index contributed by atoms with van der Waals surface area (Å²) in [6.07, 6.45) is 0. The van der Waals surface area contributed by atoms with Crippen LogP contribution in [0.25, 0.3) is 0 Å². The van der Waals surface area contributed by atoms with Crippen LogP contribution in [-0.4, -0.2) is 4.98 Å². The zero-order valence-corrected chi connectivity index (χ0v) is 5.64. The molecule has 0 unspecified atom stereocenters. The van der Waals surface area contributed by atoms with Gasteiger partial charge < -0.3 is 0 Å². The van der Waals surface area contributed by atoms with Gasteiger partial charge in [0.1, 0.15) is 4.60 Å². The fraction of sp³-hybridized carbons (Fsp3) is 0.167. The van der Waals surface area contributed by atoms with Crippen LogP contribution in [0.1, 0.15) is 9.81 Å². The quantitative estimate of drug-likeness (QED) is 0.550. The first-order valence-electron chi connectivity index (χ1n) is 3.63. The van der Waals surface area contributed by atoms with Crippen molar-refractivity contribution in [1.29, 1.82) is 0 Å². The highest BCUT2D eigenvalue weighted by molar-refractivity contribution is 9.10. The van der Waals surface area contributed by atoms with Crippen LogP contribution in [0.4, 0.5) is 0 Å². The number of rotatable bonds is 0. The fourth-order valence-corrected chi connectivity index (χ4v) is 0.752. The molecule has 8 heavy (non-hydrogen) atoms. The summed E-state index contributed by atoms with van der Waals surface area (Å²) in [4.78, 5) is 3.80. The molecule has 0 bridgehead atoms. The Morgan fingerprint density at radius 1 is 1.75 bits per heavy atom. The van der Waals surface area contributed by atoms with Gasteiger partial charge in [-0.3, -0.25) is 0 Å². The number of nitrogens with zero attached hydrogens (tertiary/aromatic N) is 1. The molecule has 0 aliphatic carbocycles. The van der Waals surface area contributed by atoms with Crippen molar-refractivity contribution in [2.24, 2.45) is 0 Å². The summed E-state index contributed by atoms with van der Waals surface area (Å²) >= 11 is 3.09. The lowest BCUT2D eigenvalue weighted by Gasteiger charge is -1.88. The number of halogens is 1. The van der Waals surface area contributed by atoms with Crippen LogP contribution in [0.15, 0.2) is 22.8 Å². The number of aromatic nitrogens is 1. The summed E-state index contributed by atoms with van der Waals surface area (Å²) in [6.45, 7) is -2.11. The molecule has 1 heterocycles. The first kappa shape index (κ1) is 2.97. The van der Waals surface area contributed by atoms with E-state index in [1.165, 1.54) is 6.07 Å². The third kappa shape index (κ3) is 1.30. The third-order valence-electron chi connectivity index (χ3n) is 0.715. The fourth-order valence-electron chi connectivity index (χ4n) is 0.408. The van der Waals surface area contributed by atoms with Gasteiger partial charge in [0.05, 0.1) is 0 Å². The second-order valence-electron chi connectivity index (χ2n) is 1.35. The van der Waals surface area contributed by atoms with Crippen molar-refractivity contribution in [3.8, 4) is 0 Å². The van der Waals surface area contributed by atoms with Gasteiger partial charge in [-0.25, -0.2) is 4.98 Å². The minimum absolute atomic E-state index is 0.117. The zero-order chi connectivity index (χ0) is 8.48. The minimum Gasteiger partial charge on any atom is -0.246 e. The summed E-state index contributed by atoms with van der Waals surface area (Å²) in [7, 11) is 0. The predicted octanol–water partition coefficient (Wildman–Crippen LogP) is 2.15. The topological polar surface area (TPSA) is 12.9 Å². The van der Waals surface area contributed by atoms with E-state index in [0.717, 1.165) is 0 Å². The Balaban J connectivity index is 3.06. The Hall–Kier alpha value is -0.370. The predicted molar refractivity (Wildman–Crippen MR) is 36.7 cm³/mol. The van der Waals surface area contributed by atoms with Gasteiger partial charge in [0.15, 0.2) is 0 Å². The van der Waals surface area contributed by atoms with Gasteiger partial charge >= 0.3 is 0 Å². The number of hydrogen-bond donors (Lipinski definition) is 0. The van der Waals surface area contributed by atoms with E-state index < -0.39 is 6.85 Å². The number of pyridine rings is 1. The Labute approximate surface area is 61.1 Å². The Kier molecular flexibility index (Phi) is 0.841. The molecular formula is C6H6BrN. The van der Waals surface area contributed by atoms with Crippen LogP contribution < -0.4 is 0 Å². The van der Waals surface area contributed by atoms with Crippen molar-refractivity contribution in [3.63, 3.8) is 0 Å².